The van der Waals surface area contributed by atoms with Gasteiger partial charge in [0.25, 0.3) is 5.56 Å². The summed E-state index contributed by atoms with van der Waals surface area (Å²) in [6.45, 7) is 5.35. The maximum absolute atomic E-state index is 12.8. The summed E-state index contributed by atoms with van der Waals surface area (Å²) in [5, 5.41) is 6.30. The van der Waals surface area contributed by atoms with E-state index >= 15 is 0 Å². The molecule has 1 aromatic carbocycles. The van der Waals surface area contributed by atoms with E-state index in [0.29, 0.717) is 22.3 Å². The molecule has 1 aliphatic rings. The van der Waals surface area contributed by atoms with Gasteiger partial charge in [0.05, 0.1) is 15.9 Å². The van der Waals surface area contributed by atoms with Gasteiger partial charge in [-0.25, -0.2) is 9.66 Å². The van der Waals surface area contributed by atoms with Crippen LogP contribution in [-0.4, -0.2) is 35.8 Å². The highest BCUT2D eigenvalue weighted by Gasteiger charge is 2.18. The van der Waals surface area contributed by atoms with Gasteiger partial charge in [0, 0.05) is 32.6 Å². The molecule has 2 heterocycles. The number of benzene rings is 1. The number of aromatic nitrogens is 2. The third-order valence-electron chi connectivity index (χ3n) is 3.58. The van der Waals surface area contributed by atoms with Crippen molar-refractivity contribution in [3.05, 3.63) is 39.4 Å². The fraction of sp³-hybridized carbons (Fsp3) is 0.429. The number of nitrogens with zero attached hydrogens (tertiary/aromatic N) is 3. The Morgan fingerprint density at radius 3 is 2.80 bits per heavy atom. The van der Waals surface area contributed by atoms with Crippen molar-refractivity contribution in [3.8, 4) is 0 Å². The topological polar surface area (TPSA) is 50.2 Å². The van der Waals surface area contributed by atoms with E-state index < -0.39 is 0 Å². The Bertz CT molecular complexity index is 691. The van der Waals surface area contributed by atoms with E-state index in [4.69, 9.17) is 11.6 Å². The summed E-state index contributed by atoms with van der Waals surface area (Å²) in [5.74, 6) is 0.784. The molecule has 0 saturated carbocycles. The SMILES string of the molecule is CCc1nc2cccc(Cl)c2c(=O)n1N1CCNCC1. The number of hydrogen-bond donors (Lipinski definition) is 1. The van der Waals surface area contributed by atoms with Crippen LogP contribution in [-0.2, 0) is 6.42 Å². The molecule has 0 unspecified atom stereocenters. The fourth-order valence-corrected chi connectivity index (χ4v) is 2.85. The standard InChI is InChI=1S/C14H17ClN4O/c1-2-12-17-11-5-3-4-10(15)13(11)14(20)19(12)18-8-6-16-7-9-18/h3-5,16H,2,6-9H2,1H3. The van der Waals surface area contributed by atoms with Crippen LogP contribution in [0.5, 0.6) is 0 Å². The molecule has 106 valence electrons. The van der Waals surface area contributed by atoms with Gasteiger partial charge in [-0.2, -0.15) is 0 Å². The van der Waals surface area contributed by atoms with Crippen LogP contribution in [0.4, 0.5) is 0 Å². The van der Waals surface area contributed by atoms with Gasteiger partial charge in [-0.3, -0.25) is 4.79 Å². The molecule has 1 fully saturated rings. The van der Waals surface area contributed by atoms with Crippen molar-refractivity contribution in [2.75, 3.05) is 31.2 Å². The van der Waals surface area contributed by atoms with Crippen LogP contribution in [0.25, 0.3) is 10.9 Å². The maximum Gasteiger partial charge on any atom is 0.281 e. The first-order valence-electron chi connectivity index (χ1n) is 6.88. The van der Waals surface area contributed by atoms with Crippen molar-refractivity contribution in [3.63, 3.8) is 0 Å². The number of piperazine rings is 1. The molecule has 2 aromatic rings. The van der Waals surface area contributed by atoms with E-state index in [1.54, 1.807) is 10.7 Å². The fourth-order valence-electron chi connectivity index (χ4n) is 2.60. The highest BCUT2D eigenvalue weighted by atomic mass is 35.5. The predicted molar refractivity (Wildman–Crippen MR) is 81.2 cm³/mol. The van der Waals surface area contributed by atoms with Crippen LogP contribution in [0.3, 0.4) is 0 Å². The third kappa shape index (κ3) is 2.17. The van der Waals surface area contributed by atoms with Gasteiger partial charge in [0.2, 0.25) is 0 Å². The van der Waals surface area contributed by atoms with Crippen LogP contribution in [0.15, 0.2) is 23.0 Å². The largest absolute Gasteiger partial charge is 0.313 e. The number of nitrogens with one attached hydrogen (secondary N) is 1. The van der Waals surface area contributed by atoms with Crippen LogP contribution in [0, 0.1) is 0 Å². The van der Waals surface area contributed by atoms with Crippen molar-refractivity contribution in [1.29, 1.82) is 0 Å². The van der Waals surface area contributed by atoms with Crippen molar-refractivity contribution < 1.29 is 0 Å². The molecule has 3 rings (SSSR count). The maximum atomic E-state index is 12.8. The Kier molecular flexibility index (Phi) is 3.63. The minimum absolute atomic E-state index is 0.0700. The van der Waals surface area contributed by atoms with Gasteiger partial charge in [-0.05, 0) is 12.1 Å². The molecule has 1 aromatic heterocycles. The molecular weight excluding hydrogens is 276 g/mol. The number of aryl methyl sites for hydroxylation is 1. The lowest BCUT2D eigenvalue weighted by atomic mass is 10.2. The van der Waals surface area contributed by atoms with Crippen molar-refractivity contribution in [2.45, 2.75) is 13.3 Å². The molecule has 1 aliphatic heterocycles. The van der Waals surface area contributed by atoms with Crippen molar-refractivity contribution in [2.24, 2.45) is 0 Å². The van der Waals surface area contributed by atoms with E-state index in [-0.39, 0.29) is 5.56 Å². The summed E-state index contributed by atoms with van der Waals surface area (Å²) in [6, 6.07) is 5.40. The van der Waals surface area contributed by atoms with Gasteiger partial charge in [0.15, 0.2) is 0 Å². The smallest absolute Gasteiger partial charge is 0.281 e. The second-order valence-corrected chi connectivity index (χ2v) is 5.24. The van der Waals surface area contributed by atoms with Crippen LogP contribution in [0.2, 0.25) is 5.02 Å². The molecule has 20 heavy (non-hydrogen) atoms. The molecule has 0 aliphatic carbocycles. The molecule has 6 heteroatoms. The lowest BCUT2D eigenvalue weighted by Gasteiger charge is -2.32. The van der Waals surface area contributed by atoms with E-state index in [1.807, 2.05) is 24.1 Å². The Labute approximate surface area is 122 Å². The van der Waals surface area contributed by atoms with Crippen molar-refractivity contribution in [1.82, 2.24) is 15.0 Å². The normalized spacial score (nSPS) is 15.8. The lowest BCUT2D eigenvalue weighted by molar-refractivity contribution is 0.468. The van der Waals surface area contributed by atoms with Gasteiger partial charge in [-0.15, -0.1) is 0 Å². The van der Waals surface area contributed by atoms with Gasteiger partial charge in [0.1, 0.15) is 5.82 Å². The number of hydrogen-bond acceptors (Lipinski definition) is 4. The molecule has 0 bridgehead atoms. The van der Waals surface area contributed by atoms with Crippen LogP contribution < -0.4 is 15.9 Å². The quantitative estimate of drug-likeness (QED) is 0.902. The molecule has 0 spiro atoms. The summed E-state index contributed by atoms with van der Waals surface area (Å²) in [4.78, 5) is 17.4. The van der Waals surface area contributed by atoms with Gasteiger partial charge >= 0.3 is 0 Å². The second-order valence-electron chi connectivity index (χ2n) is 4.84. The Morgan fingerprint density at radius 1 is 1.35 bits per heavy atom. The lowest BCUT2D eigenvalue weighted by Crippen LogP contribution is -2.53. The van der Waals surface area contributed by atoms with E-state index in [0.717, 1.165) is 32.0 Å². The summed E-state index contributed by atoms with van der Waals surface area (Å²) in [7, 11) is 0. The number of rotatable bonds is 2. The van der Waals surface area contributed by atoms with Crippen LogP contribution >= 0.6 is 11.6 Å². The second kappa shape index (κ2) is 5.42. The zero-order valence-electron chi connectivity index (χ0n) is 11.4. The molecule has 5 nitrogen and oxygen atoms in total. The van der Waals surface area contributed by atoms with E-state index in [9.17, 15) is 4.79 Å². The minimum atomic E-state index is -0.0700. The highest BCUT2D eigenvalue weighted by molar-refractivity contribution is 6.35. The summed E-state index contributed by atoms with van der Waals surface area (Å²) in [5.41, 5.74) is 0.602. The zero-order valence-corrected chi connectivity index (χ0v) is 12.2. The van der Waals surface area contributed by atoms with Crippen molar-refractivity contribution >= 4 is 22.5 Å². The Morgan fingerprint density at radius 2 is 2.10 bits per heavy atom. The average molecular weight is 293 g/mol. The summed E-state index contributed by atoms with van der Waals surface area (Å²) >= 11 is 6.18. The molecule has 0 radical (unpaired) electrons. The number of fused-ring (bicyclic) bond motifs is 1. The average Bonchev–Trinajstić information content (AvgIpc) is 2.47. The Hall–Kier alpha value is -1.59. The van der Waals surface area contributed by atoms with E-state index in [2.05, 4.69) is 10.3 Å². The minimum Gasteiger partial charge on any atom is -0.313 e. The Balaban J connectivity index is 2.26. The monoisotopic (exact) mass is 292 g/mol. The molecule has 1 saturated heterocycles. The summed E-state index contributed by atoms with van der Waals surface area (Å²) < 4.78 is 1.70. The first-order valence-corrected chi connectivity index (χ1v) is 7.26. The van der Waals surface area contributed by atoms with Gasteiger partial charge in [-0.1, -0.05) is 24.6 Å². The molecule has 0 amide bonds. The number of halogens is 1. The first-order chi connectivity index (χ1) is 9.72. The van der Waals surface area contributed by atoms with Gasteiger partial charge < -0.3 is 10.3 Å². The predicted octanol–water partition coefficient (Wildman–Crippen LogP) is 1.15. The third-order valence-corrected chi connectivity index (χ3v) is 3.90. The first kappa shape index (κ1) is 13.4. The van der Waals surface area contributed by atoms with E-state index in [1.165, 1.54) is 0 Å². The summed E-state index contributed by atoms with van der Waals surface area (Å²) in [6.07, 6.45) is 0.710. The molecule has 0 atom stereocenters. The van der Waals surface area contributed by atoms with Crippen LogP contribution in [0.1, 0.15) is 12.7 Å². The molecular formula is C14H17ClN4O. The molecule has 1 N–H and O–H groups in total. The highest BCUT2D eigenvalue weighted by Crippen LogP contribution is 2.19. The zero-order chi connectivity index (χ0) is 14.1.